The molecule has 2 aromatic rings. The number of nitrogens with one attached hydrogen (secondary N) is 1. The number of rotatable bonds is 3. The van der Waals surface area contributed by atoms with Crippen LogP contribution in [0, 0.1) is 0 Å². The monoisotopic (exact) mass is 302 g/mol. The summed E-state index contributed by atoms with van der Waals surface area (Å²) in [6, 6.07) is 7.55. The molecule has 3 rings (SSSR count). The second-order valence-electron chi connectivity index (χ2n) is 5.44. The molecule has 0 saturated heterocycles. The molecule has 1 N–H and O–H groups in total. The van der Waals surface area contributed by atoms with Gasteiger partial charge in [0.25, 0.3) is 0 Å². The predicted octanol–water partition coefficient (Wildman–Crippen LogP) is 3.14. The minimum atomic E-state index is -3.52. The van der Waals surface area contributed by atoms with E-state index in [1.165, 1.54) is 3.97 Å². The standard InChI is InChI=1S/C16H18N2O2S/c1-16(9-4-3-5-10-16)21(19,20)18-11-8-13-6-7-14(17-2)12-15(13)18/h3-9,11-12,17H,10H2,1-2H3. The van der Waals surface area contributed by atoms with Crippen molar-refractivity contribution < 1.29 is 8.42 Å². The van der Waals surface area contributed by atoms with Gasteiger partial charge in [-0.2, -0.15) is 0 Å². The molecule has 0 amide bonds. The molecule has 1 atom stereocenters. The summed E-state index contributed by atoms with van der Waals surface area (Å²) in [5, 5.41) is 3.96. The van der Waals surface area contributed by atoms with E-state index >= 15 is 0 Å². The highest BCUT2D eigenvalue weighted by atomic mass is 32.2. The van der Waals surface area contributed by atoms with Crippen molar-refractivity contribution in [3.8, 4) is 0 Å². The van der Waals surface area contributed by atoms with Gasteiger partial charge in [-0.1, -0.05) is 30.4 Å². The number of nitrogens with zero attached hydrogens (tertiary/aromatic N) is 1. The van der Waals surface area contributed by atoms with Crippen LogP contribution in [0.3, 0.4) is 0 Å². The van der Waals surface area contributed by atoms with Gasteiger partial charge >= 0.3 is 0 Å². The van der Waals surface area contributed by atoms with Crippen molar-refractivity contribution in [2.24, 2.45) is 0 Å². The molecule has 0 saturated carbocycles. The van der Waals surface area contributed by atoms with Crippen LogP contribution < -0.4 is 5.32 Å². The Kier molecular flexibility index (Phi) is 3.17. The zero-order chi connectivity index (χ0) is 15.1. The van der Waals surface area contributed by atoms with Gasteiger partial charge in [0, 0.05) is 24.3 Å². The topological polar surface area (TPSA) is 51.1 Å². The molecule has 1 aliphatic rings. The van der Waals surface area contributed by atoms with Crippen LogP contribution in [0.4, 0.5) is 5.69 Å². The first kappa shape index (κ1) is 13.9. The van der Waals surface area contributed by atoms with Crippen LogP contribution in [0.2, 0.25) is 0 Å². The zero-order valence-electron chi connectivity index (χ0n) is 12.1. The van der Waals surface area contributed by atoms with Crippen molar-refractivity contribution in [1.29, 1.82) is 0 Å². The van der Waals surface area contributed by atoms with Crippen LogP contribution in [0.5, 0.6) is 0 Å². The molecule has 0 radical (unpaired) electrons. The zero-order valence-corrected chi connectivity index (χ0v) is 12.9. The number of benzene rings is 1. The molecule has 0 bridgehead atoms. The van der Waals surface area contributed by atoms with Gasteiger partial charge in [-0.25, -0.2) is 12.4 Å². The lowest BCUT2D eigenvalue weighted by Crippen LogP contribution is -2.37. The lowest BCUT2D eigenvalue weighted by molar-refractivity contribution is 0.555. The van der Waals surface area contributed by atoms with E-state index < -0.39 is 14.8 Å². The number of allylic oxidation sites excluding steroid dienone is 3. The number of aromatic nitrogens is 1. The summed E-state index contributed by atoms with van der Waals surface area (Å²) in [6.45, 7) is 1.76. The van der Waals surface area contributed by atoms with Crippen LogP contribution in [-0.4, -0.2) is 24.2 Å². The Morgan fingerprint density at radius 2 is 2.05 bits per heavy atom. The normalized spacial score (nSPS) is 21.8. The van der Waals surface area contributed by atoms with Gasteiger partial charge in [-0.05, 0) is 31.5 Å². The molecular weight excluding hydrogens is 284 g/mol. The summed E-state index contributed by atoms with van der Waals surface area (Å²) in [4.78, 5) is 0. The van der Waals surface area contributed by atoms with Crippen molar-refractivity contribution in [3.05, 3.63) is 54.8 Å². The molecule has 21 heavy (non-hydrogen) atoms. The summed E-state index contributed by atoms with van der Waals surface area (Å²) in [6.07, 6.45) is 9.45. The summed E-state index contributed by atoms with van der Waals surface area (Å²) < 4.78 is 26.6. The summed E-state index contributed by atoms with van der Waals surface area (Å²) in [5.74, 6) is 0. The smallest absolute Gasteiger partial charge is 0.248 e. The van der Waals surface area contributed by atoms with Crippen LogP contribution in [0.25, 0.3) is 10.9 Å². The van der Waals surface area contributed by atoms with Gasteiger partial charge in [-0.15, -0.1) is 0 Å². The predicted molar refractivity (Wildman–Crippen MR) is 87.1 cm³/mol. The van der Waals surface area contributed by atoms with E-state index in [-0.39, 0.29) is 0 Å². The molecule has 1 heterocycles. The number of hydrogen-bond acceptors (Lipinski definition) is 3. The SMILES string of the molecule is CNc1ccc2ccn(S(=O)(=O)C3(C)C=CC=CC3)c2c1. The van der Waals surface area contributed by atoms with E-state index in [2.05, 4.69) is 5.32 Å². The molecule has 1 unspecified atom stereocenters. The Balaban J connectivity index is 2.19. The van der Waals surface area contributed by atoms with Gasteiger partial charge < -0.3 is 5.32 Å². The van der Waals surface area contributed by atoms with Crippen molar-refractivity contribution in [2.75, 3.05) is 12.4 Å². The molecule has 1 aliphatic carbocycles. The highest BCUT2D eigenvalue weighted by molar-refractivity contribution is 7.91. The lowest BCUT2D eigenvalue weighted by Gasteiger charge is -2.27. The van der Waals surface area contributed by atoms with Gasteiger partial charge in [0.1, 0.15) is 4.75 Å². The molecule has 5 heteroatoms. The van der Waals surface area contributed by atoms with Crippen LogP contribution >= 0.6 is 0 Å². The van der Waals surface area contributed by atoms with Crippen molar-refractivity contribution in [2.45, 2.75) is 18.1 Å². The van der Waals surface area contributed by atoms with E-state index in [9.17, 15) is 8.42 Å². The van der Waals surface area contributed by atoms with Gasteiger partial charge in [0.05, 0.1) is 5.52 Å². The first-order valence-electron chi connectivity index (χ1n) is 6.86. The second-order valence-corrected chi connectivity index (χ2v) is 7.72. The fourth-order valence-electron chi connectivity index (χ4n) is 2.59. The molecule has 0 fully saturated rings. The lowest BCUT2D eigenvalue weighted by atomic mass is 10.0. The molecule has 4 nitrogen and oxygen atoms in total. The number of anilines is 1. The Morgan fingerprint density at radius 1 is 1.24 bits per heavy atom. The largest absolute Gasteiger partial charge is 0.388 e. The average Bonchev–Trinajstić information content (AvgIpc) is 2.91. The fourth-order valence-corrected chi connectivity index (χ4v) is 4.24. The molecular formula is C16H18N2O2S. The minimum Gasteiger partial charge on any atom is -0.388 e. The van der Waals surface area contributed by atoms with Crippen LogP contribution in [-0.2, 0) is 10.0 Å². The van der Waals surface area contributed by atoms with Gasteiger partial charge in [-0.3, -0.25) is 0 Å². The third-order valence-electron chi connectivity index (χ3n) is 4.01. The summed E-state index contributed by atoms with van der Waals surface area (Å²) in [7, 11) is -1.70. The van der Waals surface area contributed by atoms with E-state index in [4.69, 9.17) is 0 Å². The molecule has 1 aromatic carbocycles. The third kappa shape index (κ3) is 2.08. The quantitative estimate of drug-likeness (QED) is 0.947. The molecule has 1 aromatic heterocycles. The minimum absolute atomic E-state index is 0.483. The maximum Gasteiger partial charge on any atom is 0.248 e. The molecule has 110 valence electrons. The van der Waals surface area contributed by atoms with Gasteiger partial charge in [0.2, 0.25) is 10.0 Å². The fraction of sp³-hybridized carbons (Fsp3) is 0.250. The first-order chi connectivity index (χ1) is 9.98. The number of fused-ring (bicyclic) bond motifs is 1. The summed E-state index contributed by atoms with van der Waals surface area (Å²) >= 11 is 0. The van der Waals surface area contributed by atoms with Crippen LogP contribution in [0.1, 0.15) is 13.3 Å². The van der Waals surface area contributed by atoms with Crippen molar-refractivity contribution in [1.82, 2.24) is 3.97 Å². The van der Waals surface area contributed by atoms with E-state index in [0.29, 0.717) is 11.9 Å². The number of hydrogen-bond donors (Lipinski definition) is 1. The Bertz CT molecular complexity index is 846. The van der Waals surface area contributed by atoms with Gasteiger partial charge in [0.15, 0.2) is 0 Å². The Morgan fingerprint density at radius 3 is 2.71 bits per heavy atom. The maximum absolute atomic E-state index is 13.0. The van der Waals surface area contributed by atoms with E-state index in [1.54, 1.807) is 25.3 Å². The Hall–Kier alpha value is -2.01. The second kappa shape index (κ2) is 4.77. The Labute approximate surface area is 124 Å². The average molecular weight is 302 g/mol. The third-order valence-corrected chi connectivity index (χ3v) is 6.33. The van der Waals surface area contributed by atoms with Crippen molar-refractivity contribution in [3.63, 3.8) is 0 Å². The first-order valence-corrected chi connectivity index (χ1v) is 8.30. The van der Waals surface area contributed by atoms with E-state index in [0.717, 1.165) is 11.1 Å². The van der Waals surface area contributed by atoms with Crippen molar-refractivity contribution >= 4 is 26.6 Å². The molecule has 0 aliphatic heterocycles. The van der Waals surface area contributed by atoms with Crippen LogP contribution in [0.15, 0.2) is 54.8 Å². The highest BCUT2D eigenvalue weighted by Crippen LogP contribution is 2.32. The summed E-state index contributed by atoms with van der Waals surface area (Å²) in [5.41, 5.74) is 1.59. The van der Waals surface area contributed by atoms with E-state index in [1.807, 2.05) is 43.5 Å². The maximum atomic E-state index is 13.0. The highest BCUT2D eigenvalue weighted by Gasteiger charge is 2.38. The molecule has 0 spiro atoms.